The summed E-state index contributed by atoms with van der Waals surface area (Å²) in [6.45, 7) is 3.96. The molecule has 1 aliphatic rings. The molecule has 29 heavy (non-hydrogen) atoms. The third kappa shape index (κ3) is 5.10. The van der Waals surface area contributed by atoms with Gasteiger partial charge in [-0.25, -0.2) is 4.79 Å². The van der Waals surface area contributed by atoms with Gasteiger partial charge in [-0.2, -0.15) is 0 Å². The van der Waals surface area contributed by atoms with Crippen molar-refractivity contribution in [2.75, 3.05) is 14.2 Å². The number of benzene rings is 1. The Balaban J connectivity index is 2.61. The number of carbonyl (C=O) groups is 3. The molecule has 1 aromatic carbocycles. The second-order valence-electron chi connectivity index (χ2n) is 6.68. The second kappa shape index (κ2) is 10.5. The third-order valence-electron chi connectivity index (χ3n) is 4.59. The minimum atomic E-state index is -0.432. The predicted molar refractivity (Wildman–Crippen MR) is 109 cm³/mol. The topological polar surface area (TPSA) is 91.3 Å². The normalized spacial score (nSPS) is 13.3. The van der Waals surface area contributed by atoms with Crippen molar-refractivity contribution in [3.05, 3.63) is 34.9 Å². The highest BCUT2D eigenvalue weighted by atomic mass is 16.7. The maximum atomic E-state index is 12.6. The van der Waals surface area contributed by atoms with Crippen molar-refractivity contribution in [2.24, 2.45) is 5.16 Å². The van der Waals surface area contributed by atoms with Crippen molar-refractivity contribution in [3.63, 3.8) is 0 Å². The fraction of sp³-hybridized carbons (Fsp3) is 0.455. The van der Waals surface area contributed by atoms with Crippen LogP contribution in [0, 0.1) is 0 Å². The van der Waals surface area contributed by atoms with Gasteiger partial charge in [0.25, 0.3) is 0 Å². The summed E-state index contributed by atoms with van der Waals surface area (Å²) in [7, 11) is 2.85. The van der Waals surface area contributed by atoms with Crippen LogP contribution < -0.4 is 9.47 Å². The number of ketones is 2. The molecule has 0 radical (unpaired) electrons. The molecule has 1 aliphatic carbocycles. The van der Waals surface area contributed by atoms with Gasteiger partial charge in [0.05, 0.1) is 31.1 Å². The van der Waals surface area contributed by atoms with E-state index >= 15 is 0 Å². The van der Waals surface area contributed by atoms with E-state index in [2.05, 4.69) is 12.1 Å². The van der Waals surface area contributed by atoms with Gasteiger partial charge in [-0.3, -0.25) is 9.59 Å². The van der Waals surface area contributed by atoms with Crippen molar-refractivity contribution in [3.8, 4) is 11.5 Å². The molecule has 2 rings (SSSR count). The van der Waals surface area contributed by atoms with Crippen molar-refractivity contribution < 1.29 is 28.7 Å². The summed E-state index contributed by atoms with van der Waals surface area (Å²) < 4.78 is 10.9. The zero-order valence-corrected chi connectivity index (χ0v) is 17.4. The van der Waals surface area contributed by atoms with Crippen LogP contribution in [0.3, 0.4) is 0 Å². The molecule has 7 nitrogen and oxygen atoms in total. The molecule has 1 aromatic rings. The first-order valence-corrected chi connectivity index (χ1v) is 9.81. The van der Waals surface area contributed by atoms with Crippen LogP contribution in [0.5, 0.6) is 11.5 Å². The van der Waals surface area contributed by atoms with Crippen LogP contribution in [0.4, 0.5) is 0 Å². The Morgan fingerprint density at radius 1 is 0.931 bits per heavy atom. The Morgan fingerprint density at radius 3 is 2.21 bits per heavy atom. The number of carbonyl (C=O) groups excluding carboxylic acids is 3. The number of hydrogen-bond donors (Lipinski definition) is 0. The molecule has 0 amide bonds. The van der Waals surface area contributed by atoms with Crippen LogP contribution in [-0.2, 0) is 9.63 Å². The average molecular weight is 401 g/mol. The lowest BCUT2D eigenvalue weighted by atomic mass is 9.88. The first-order chi connectivity index (χ1) is 14.0. The molecular formula is C22H27NO6. The molecule has 0 N–H and O–H groups in total. The number of hydrogen-bond acceptors (Lipinski definition) is 7. The molecule has 7 heteroatoms. The highest BCUT2D eigenvalue weighted by Crippen LogP contribution is 2.38. The van der Waals surface area contributed by atoms with Crippen LogP contribution in [0.15, 0.2) is 23.4 Å². The third-order valence-corrected chi connectivity index (χ3v) is 4.59. The van der Waals surface area contributed by atoms with Gasteiger partial charge in [-0.15, -0.1) is 0 Å². The van der Waals surface area contributed by atoms with Gasteiger partial charge in [0.15, 0.2) is 11.6 Å². The van der Waals surface area contributed by atoms with E-state index in [9.17, 15) is 14.4 Å². The molecule has 0 atom stereocenters. The fourth-order valence-corrected chi connectivity index (χ4v) is 3.15. The van der Waals surface area contributed by atoms with E-state index in [0.29, 0.717) is 24.1 Å². The van der Waals surface area contributed by atoms with E-state index in [1.165, 1.54) is 26.4 Å². The van der Waals surface area contributed by atoms with Gasteiger partial charge in [-0.05, 0) is 37.5 Å². The Morgan fingerprint density at radius 2 is 1.62 bits per heavy atom. The number of rotatable bonds is 10. The summed E-state index contributed by atoms with van der Waals surface area (Å²) >= 11 is 0. The molecule has 156 valence electrons. The zero-order valence-electron chi connectivity index (χ0n) is 17.4. The summed E-state index contributed by atoms with van der Waals surface area (Å²) in [6.07, 6.45) is 6.64. The molecule has 0 spiro atoms. The van der Waals surface area contributed by atoms with E-state index in [4.69, 9.17) is 14.3 Å². The fourth-order valence-electron chi connectivity index (χ4n) is 3.15. The monoisotopic (exact) mass is 401 g/mol. The molecule has 0 aliphatic heterocycles. The minimum Gasteiger partial charge on any atom is -0.496 e. The van der Waals surface area contributed by atoms with Crippen molar-refractivity contribution in [1.29, 1.82) is 0 Å². The van der Waals surface area contributed by atoms with Gasteiger partial charge in [0, 0.05) is 12.0 Å². The lowest BCUT2D eigenvalue weighted by molar-refractivity contribution is -0.143. The Kier molecular flexibility index (Phi) is 8.12. The summed E-state index contributed by atoms with van der Waals surface area (Å²) in [5.41, 5.74) is 1.24. The first kappa shape index (κ1) is 22.3. The molecular weight excluding hydrogens is 374 g/mol. The van der Waals surface area contributed by atoms with Crippen LogP contribution in [0.25, 0.3) is 0 Å². The lowest BCUT2D eigenvalue weighted by Crippen LogP contribution is -2.18. The number of unbranched alkanes of at least 4 members (excludes halogenated alkanes) is 2. The largest absolute Gasteiger partial charge is 0.496 e. The number of fused-ring (bicyclic) bond motifs is 1. The number of methoxy groups -OCH3 is 2. The smallest absolute Gasteiger partial charge is 0.335 e. The van der Waals surface area contributed by atoms with Crippen LogP contribution in [0.1, 0.15) is 78.7 Å². The van der Waals surface area contributed by atoms with Crippen LogP contribution in [0.2, 0.25) is 0 Å². The summed E-state index contributed by atoms with van der Waals surface area (Å²) in [5, 5.41) is 4.08. The van der Waals surface area contributed by atoms with E-state index < -0.39 is 5.97 Å². The van der Waals surface area contributed by atoms with Crippen LogP contribution in [-0.4, -0.2) is 37.5 Å². The zero-order chi connectivity index (χ0) is 21.4. The Labute approximate surface area is 170 Å². The minimum absolute atomic E-state index is 0.137. The number of ether oxygens (including phenoxy) is 2. The summed E-state index contributed by atoms with van der Waals surface area (Å²) in [6, 6.07) is 1.61. The van der Waals surface area contributed by atoms with E-state index in [0.717, 1.165) is 19.3 Å². The number of allylic oxidation sites excluding steroid dienone is 2. The first-order valence-electron chi connectivity index (χ1n) is 9.81. The standard InChI is InChI=1S/C22H27NO6/c1-5-7-8-10-15(23-29-19(26)9-6-2)14-13-18(27-3)20-16(24)11-12-17(25)21(20)22(14)28-4/h11-13H,5-10H2,1-4H3. The second-order valence-corrected chi connectivity index (χ2v) is 6.68. The van der Waals surface area contributed by atoms with E-state index in [1.54, 1.807) is 6.07 Å². The van der Waals surface area contributed by atoms with Gasteiger partial charge >= 0.3 is 5.97 Å². The van der Waals surface area contributed by atoms with Crippen molar-refractivity contribution in [2.45, 2.75) is 52.4 Å². The van der Waals surface area contributed by atoms with Gasteiger partial charge in [0.1, 0.15) is 11.5 Å². The lowest BCUT2D eigenvalue weighted by Gasteiger charge is -2.20. The molecule has 0 saturated heterocycles. The molecule has 0 saturated carbocycles. The molecule has 0 bridgehead atoms. The van der Waals surface area contributed by atoms with Gasteiger partial charge in [-0.1, -0.05) is 31.8 Å². The SMILES string of the molecule is CCCCCC(=NOC(=O)CCC)c1cc(OC)c2c(c1OC)C(=O)C=CC2=O. The van der Waals surface area contributed by atoms with E-state index in [1.807, 2.05) is 6.92 Å². The summed E-state index contributed by atoms with van der Waals surface area (Å²) in [4.78, 5) is 41.9. The Hall–Kier alpha value is -2.96. The highest BCUT2D eigenvalue weighted by Gasteiger charge is 2.31. The van der Waals surface area contributed by atoms with Crippen LogP contribution >= 0.6 is 0 Å². The van der Waals surface area contributed by atoms with Crippen molar-refractivity contribution in [1.82, 2.24) is 0 Å². The highest BCUT2D eigenvalue weighted by molar-refractivity contribution is 6.25. The Bertz CT molecular complexity index is 853. The molecule has 0 fully saturated rings. The van der Waals surface area contributed by atoms with Gasteiger partial charge in [0.2, 0.25) is 0 Å². The average Bonchev–Trinajstić information content (AvgIpc) is 2.72. The van der Waals surface area contributed by atoms with Crippen molar-refractivity contribution >= 4 is 23.2 Å². The predicted octanol–water partition coefficient (Wildman–Crippen LogP) is 4.27. The molecule has 0 unspecified atom stereocenters. The van der Waals surface area contributed by atoms with Gasteiger partial charge < -0.3 is 14.3 Å². The quantitative estimate of drug-likeness (QED) is 0.252. The number of oxime groups is 1. The maximum Gasteiger partial charge on any atom is 0.335 e. The number of nitrogens with zero attached hydrogens (tertiary/aromatic N) is 1. The van der Waals surface area contributed by atoms with E-state index in [-0.39, 0.29) is 40.6 Å². The molecule has 0 heterocycles. The maximum absolute atomic E-state index is 12.6. The molecule has 0 aromatic heterocycles. The summed E-state index contributed by atoms with van der Waals surface area (Å²) in [5.74, 6) is -0.641.